The molecule has 0 aromatic rings. The van der Waals surface area contributed by atoms with E-state index >= 15 is 0 Å². The number of carbonyl (C=O) groups excluding carboxylic acids is 1. The molecule has 2 heteroatoms. The molecule has 0 rings (SSSR count). The fraction of sp³-hybridized carbons (Fsp3) is 0.909. The molecule has 1 unspecified atom stereocenters. The number of rotatable bonds is 6. The summed E-state index contributed by atoms with van der Waals surface area (Å²) in [5.41, 5.74) is 0. The zero-order chi connectivity index (χ0) is 10.5. The lowest BCUT2D eigenvalue weighted by Crippen LogP contribution is -2.39. The Kier molecular flexibility index (Phi) is 5.23. The van der Waals surface area contributed by atoms with Crippen LogP contribution >= 0.6 is 0 Å². The van der Waals surface area contributed by atoms with Gasteiger partial charge in [0.05, 0.1) is 27.7 Å². The van der Waals surface area contributed by atoms with E-state index in [1.807, 2.05) is 0 Å². The van der Waals surface area contributed by atoms with Crippen LogP contribution in [0.3, 0.4) is 0 Å². The largest absolute Gasteiger partial charge is 0.331 e. The Morgan fingerprint density at radius 1 is 1.31 bits per heavy atom. The first-order valence-corrected chi connectivity index (χ1v) is 5.15. The molecule has 2 nitrogen and oxygen atoms in total. The van der Waals surface area contributed by atoms with Crippen molar-refractivity contribution in [3.63, 3.8) is 0 Å². The molecule has 0 spiro atoms. The number of ketones is 1. The van der Waals surface area contributed by atoms with Crippen molar-refractivity contribution in [2.24, 2.45) is 5.92 Å². The van der Waals surface area contributed by atoms with Gasteiger partial charge >= 0.3 is 0 Å². The normalized spacial score (nSPS) is 14.2. The standard InChI is InChI=1S/C11H24NO/c1-6-7-11(8-10(2)13)9-12(3,4)5/h11H,6-9H2,1-5H3/q+1. The number of hydrogen-bond donors (Lipinski definition) is 0. The highest BCUT2D eigenvalue weighted by Gasteiger charge is 2.18. The van der Waals surface area contributed by atoms with E-state index in [4.69, 9.17) is 0 Å². The molecule has 0 aromatic heterocycles. The van der Waals surface area contributed by atoms with Gasteiger partial charge in [-0.15, -0.1) is 0 Å². The summed E-state index contributed by atoms with van der Waals surface area (Å²) in [6.45, 7) is 4.98. The van der Waals surface area contributed by atoms with Gasteiger partial charge in [-0.2, -0.15) is 0 Å². The van der Waals surface area contributed by atoms with Crippen LogP contribution in [0.4, 0.5) is 0 Å². The fourth-order valence-corrected chi connectivity index (χ4v) is 1.85. The van der Waals surface area contributed by atoms with Crippen molar-refractivity contribution in [2.75, 3.05) is 27.7 Å². The van der Waals surface area contributed by atoms with Crippen LogP contribution in [0.5, 0.6) is 0 Å². The highest BCUT2D eigenvalue weighted by Crippen LogP contribution is 2.14. The topological polar surface area (TPSA) is 17.1 Å². The summed E-state index contributed by atoms with van der Waals surface area (Å²) >= 11 is 0. The molecule has 0 aliphatic rings. The van der Waals surface area contributed by atoms with E-state index in [-0.39, 0.29) is 0 Å². The van der Waals surface area contributed by atoms with E-state index in [9.17, 15) is 4.79 Å². The van der Waals surface area contributed by atoms with Crippen molar-refractivity contribution in [3.8, 4) is 0 Å². The number of hydrogen-bond acceptors (Lipinski definition) is 1. The Morgan fingerprint density at radius 3 is 2.15 bits per heavy atom. The second-order valence-electron chi connectivity index (χ2n) is 5.03. The Bertz CT molecular complexity index is 158. The first-order valence-electron chi connectivity index (χ1n) is 5.15. The zero-order valence-electron chi connectivity index (χ0n) is 9.76. The van der Waals surface area contributed by atoms with Crippen molar-refractivity contribution in [1.82, 2.24) is 0 Å². The third-order valence-electron chi connectivity index (χ3n) is 2.08. The predicted octanol–water partition coefficient (Wildman–Crippen LogP) is 2.09. The summed E-state index contributed by atoms with van der Waals surface area (Å²) in [5, 5.41) is 0. The third kappa shape index (κ3) is 7.97. The highest BCUT2D eigenvalue weighted by atomic mass is 16.1. The molecule has 0 N–H and O–H groups in total. The minimum Gasteiger partial charge on any atom is -0.331 e. The quantitative estimate of drug-likeness (QED) is 0.580. The minimum absolute atomic E-state index is 0.326. The first kappa shape index (κ1) is 12.6. The van der Waals surface area contributed by atoms with Crippen LogP contribution in [0, 0.1) is 5.92 Å². The van der Waals surface area contributed by atoms with E-state index in [2.05, 4.69) is 28.1 Å². The maximum atomic E-state index is 11.0. The van der Waals surface area contributed by atoms with Gasteiger partial charge in [-0.05, 0) is 13.3 Å². The highest BCUT2D eigenvalue weighted by molar-refractivity contribution is 5.75. The zero-order valence-corrected chi connectivity index (χ0v) is 9.76. The first-order chi connectivity index (χ1) is 5.85. The second-order valence-corrected chi connectivity index (χ2v) is 5.03. The summed E-state index contributed by atoms with van der Waals surface area (Å²) in [4.78, 5) is 11.0. The lowest BCUT2D eigenvalue weighted by molar-refractivity contribution is -0.873. The Labute approximate surface area is 82.5 Å². The Balaban J connectivity index is 4.01. The van der Waals surface area contributed by atoms with Gasteiger partial charge in [0.15, 0.2) is 0 Å². The lowest BCUT2D eigenvalue weighted by atomic mass is 9.97. The minimum atomic E-state index is 0.326. The molecule has 0 aliphatic heterocycles. The molecule has 13 heavy (non-hydrogen) atoms. The van der Waals surface area contributed by atoms with Gasteiger partial charge in [0, 0.05) is 12.3 Å². The van der Waals surface area contributed by atoms with Gasteiger partial charge in [-0.3, -0.25) is 0 Å². The Hall–Kier alpha value is -0.370. The van der Waals surface area contributed by atoms with Crippen LogP contribution in [0.15, 0.2) is 0 Å². The Morgan fingerprint density at radius 2 is 1.85 bits per heavy atom. The summed E-state index contributed by atoms with van der Waals surface area (Å²) in [6.07, 6.45) is 3.11. The molecule has 0 radical (unpaired) electrons. The molecule has 1 atom stereocenters. The summed E-state index contributed by atoms with van der Waals surface area (Å²) in [6, 6.07) is 0. The molecule has 0 bridgehead atoms. The molecule has 0 saturated carbocycles. The van der Waals surface area contributed by atoms with Crippen molar-refractivity contribution in [2.45, 2.75) is 33.1 Å². The van der Waals surface area contributed by atoms with Gasteiger partial charge in [-0.25, -0.2) is 0 Å². The predicted molar refractivity (Wildman–Crippen MR) is 56.6 cm³/mol. The maximum absolute atomic E-state index is 11.0. The summed E-state index contributed by atoms with van der Waals surface area (Å²) < 4.78 is 0.956. The van der Waals surface area contributed by atoms with Gasteiger partial charge < -0.3 is 9.28 Å². The summed E-state index contributed by atoms with van der Waals surface area (Å²) in [5.74, 6) is 0.898. The molecular formula is C11H24NO+. The SMILES string of the molecule is CCCC(CC(C)=O)C[N+](C)(C)C. The van der Waals surface area contributed by atoms with Crippen LogP contribution < -0.4 is 0 Å². The van der Waals surface area contributed by atoms with Gasteiger partial charge in [0.25, 0.3) is 0 Å². The van der Waals surface area contributed by atoms with Crippen molar-refractivity contribution in [1.29, 1.82) is 0 Å². The third-order valence-corrected chi connectivity index (χ3v) is 2.08. The number of Topliss-reactive ketones (excluding diaryl/α,β-unsaturated/α-hetero) is 1. The molecule has 78 valence electrons. The molecular weight excluding hydrogens is 162 g/mol. The molecule has 0 heterocycles. The second kappa shape index (κ2) is 5.38. The molecule has 0 aliphatic carbocycles. The van der Waals surface area contributed by atoms with E-state index in [0.29, 0.717) is 11.7 Å². The molecule has 0 amide bonds. The average molecular weight is 186 g/mol. The van der Waals surface area contributed by atoms with E-state index in [1.165, 1.54) is 12.8 Å². The van der Waals surface area contributed by atoms with Crippen LogP contribution in [-0.4, -0.2) is 38.0 Å². The van der Waals surface area contributed by atoms with Gasteiger partial charge in [-0.1, -0.05) is 13.3 Å². The van der Waals surface area contributed by atoms with Crippen molar-refractivity contribution >= 4 is 5.78 Å². The molecule has 0 aromatic carbocycles. The fourth-order valence-electron chi connectivity index (χ4n) is 1.85. The average Bonchev–Trinajstić information content (AvgIpc) is 1.81. The van der Waals surface area contributed by atoms with Crippen molar-refractivity contribution < 1.29 is 9.28 Å². The summed E-state index contributed by atoms with van der Waals surface area (Å²) in [7, 11) is 6.55. The van der Waals surface area contributed by atoms with Crippen LogP contribution in [0.1, 0.15) is 33.1 Å². The molecule has 0 saturated heterocycles. The maximum Gasteiger partial charge on any atom is 0.130 e. The molecule has 0 fully saturated rings. The lowest BCUT2D eigenvalue weighted by Gasteiger charge is -2.28. The van der Waals surface area contributed by atoms with Crippen LogP contribution in [0.25, 0.3) is 0 Å². The smallest absolute Gasteiger partial charge is 0.130 e. The number of nitrogens with zero attached hydrogens (tertiary/aromatic N) is 1. The van der Waals surface area contributed by atoms with E-state index < -0.39 is 0 Å². The van der Waals surface area contributed by atoms with E-state index in [0.717, 1.165) is 17.4 Å². The van der Waals surface area contributed by atoms with Crippen molar-refractivity contribution in [3.05, 3.63) is 0 Å². The monoisotopic (exact) mass is 186 g/mol. The van der Waals surface area contributed by atoms with Crippen LogP contribution in [-0.2, 0) is 4.79 Å². The number of quaternary nitrogens is 1. The van der Waals surface area contributed by atoms with Gasteiger partial charge in [0.1, 0.15) is 5.78 Å². The number of carbonyl (C=O) groups is 1. The van der Waals surface area contributed by atoms with Gasteiger partial charge in [0.2, 0.25) is 0 Å². The van der Waals surface area contributed by atoms with E-state index in [1.54, 1.807) is 6.92 Å². The van der Waals surface area contributed by atoms with Crippen LogP contribution in [0.2, 0.25) is 0 Å².